The lowest BCUT2D eigenvalue weighted by atomic mass is 10.1. The van der Waals surface area contributed by atoms with Crippen LogP contribution in [0, 0.1) is 0 Å². The number of rotatable bonds is 2. The highest BCUT2D eigenvalue weighted by molar-refractivity contribution is 5.99. The van der Waals surface area contributed by atoms with Gasteiger partial charge in [0.2, 0.25) is 5.96 Å². The van der Waals surface area contributed by atoms with Crippen molar-refractivity contribution >= 4 is 11.7 Å². The Morgan fingerprint density at radius 1 is 1.12 bits per heavy atom. The van der Waals surface area contributed by atoms with Gasteiger partial charge in [0.25, 0.3) is 0 Å². The van der Waals surface area contributed by atoms with Crippen molar-refractivity contribution in [2.24, 2.45) is 21.7 Å². The van der Waals surface area contributed by atoms with Crippen molar-refractivity contribution in [2.45, 2.75) is 6.92 Å². The van der Waals surface area contributed by atoms with E-state index in [2.05, 4.69) is 10.2 Å². The van der Waals surface area contributed by atoms with Crippen LogP contribution in [0.4, 0.5) is 0 Å². The molecule has 90 valence electrons. The molecule has 6 heteroatoms. The van der Waals surface area contributed by atoms with E-state index in [1.54, 1.807) is 0 Å². The molecule has 4 N–H and O–H groups in total. The summed E-state index contributed by atoms with van der Waals surface area (Å²) in [5, 5.41) is 7.50. The molecule has 0 aliphatic carbocycles. The highest BCUT2D eigenvalue weighted by Gasteiger charge is 2.12. The maximum Gasteiger partial charge on any atom is 0.211 e. The number of fused-ring (bicyclic) bond motifs is 1. The molecule has 0 radical (unpaired) electrons. The highest BCUT2D eigenvalue weighted by atomic mass is 16.6. The van der Waals surface area contributed by atoms with Gasteiger partial charge in [-0.05, 0) is 25.1 Å². The van der Waals surface area contributed by atoms with Gasteiger partial charge in [0.05, 0.1) is 5.71 Å². The van der Waals surface area contributed by atoms with Crippen molar-refractivity contribution in [3.8, 4) is 11.5 Å². The van der Waals surface area contributed by atoms with E-state index in [0.717, 1.165) is 11.3 Å². The normalized spacial score (nSPS) is 14.3. The van der Waals surface area contributed by atoms with E-state index in [4.69, 9.17) is 20.9 Å². The molecule has 0 saturated carbocycles. The van der Waals surface area contributed by atoms with Crippen LogP contribution in [-0.2, 0) is 0 Å². The molecule has 0 atom stereocenters. The molecular weight excluding hydrogens is 220 g/mol. The van der Waals surface area contributed by atoms with Gasteiger partial charge in [-0.1, -0.05) is 0 Å². The number of benzene rings is 1. The number of nitrogens with two attached hydrogens (primary N) is 2. The van der Waals surface area contributed by atoms with Crippen molar-refractivity contribution in [1.29, 1.82) is 0 Å². The molecule has 0 unspecified atom stereocenters. The van der Waals surface area contributed by atoms with E-state index < -0.39 is 0 Å². The number of guanidine groups is 1. The molecule has 17 heavy (non-hydrogen) atoms. The standard InChI is InChI=1S/C11H14N4O2/c1-7(14-15-11(12)13)8-2-3-9-10(6-8)17-5-4-16-9/h2-3,6H,4-5H2,1H3,(H4,12,13,15). The molecule has 1 aliphatic rings. The third-order valence-electron chi connectivity index (χ3n) is 2.28. The summed E-state index contributed by atoms with van der Waals surface area (Å²) in [6, 6.07) is 5.59. The minimum absolute atomic E-state index is 0.0677. The summed E-state index contributed by atoms with van der Waals surface area (Å²) in [7, 11) is 0. The van der Waals surface area contributed by atoms with Gasteiger partial charge in [0, 0.05) is 5.56 Å². The highest BCUT2D eigenvalue weighted by Crippen LogP contribution is 2.30. The van der Waals surface area contributed by atoms with Gasteiger partial charge in [-0.15, -0.1) is 5.10 Å². The summed E-state index contributed by atoms with van der Waals surface area (Å²) in [5.41, 5.74) is 12.0. The van der Waals surface area contributed by atoms with Crippen molar-refractivity contribution in [1.82, 2.24) is 0 Å². The second kappa shape index (κ2) is 4.73. The van der Waals surface area contributed by atoms with E-state index in [1.165, 1.54) is 0 Å². The van der Waals surface area contributed by atoms with Gasteiger partial charge in [-0.2, -0.15) is 5.10 Å². The van der Waals surface area contributed by atoms with Crippen LogP contribution in [0.25, 0.3) is 0 Å². The minimum Gasteiger partial charge on any atom is -0.486 e. The zero-order chi connectivity index (χ0) is 12.3. The Morgan fingerprint density at radius 3 is 2.53 bits per heavy atom. The van der Waals surface area contributed by atoms with Gasteiger partial charge in [0.1, 0.15) is 13.2 Å². The molecule has 2 rings (SSSR count). The third kappa shape index (κ3) is 2.66. The lowest BCUT2D eigenvalue weighted by Crippen LogP contribution is -2.22. The number of ether oxygens (including phenoxy) is 2. The molecule has 0 bridgehead atoms. The fraction of sp³-hybridized carbons (Fsp3) is 0.273. The van der Waals surface area contributed by atoms with Gasteiger partial charge >= 0.3 is 0 Å². The number of hydrogen-bond donors (Lipinski definition) is 2. The summed E-state index contributed by atoms with van der Waals surface area (Å²) in [6.07, 6.45) is 0. The molecule has 1 aromatic carbocycles. The Kier molecular flexibility index (Phi) is 3.13. The number of hydrogen-bond acceptors (Lipinski definition) is 4. The van der Waals surface area contributed by atoms with Crippen LogP contribution in [-0.4, -0.2) is 24.9 Å². The zero-order valence-electron chi connectivity index (χ0n) is 9.51. The predicted molar refractivity (Wildman–Crippen MR) is 65.5 cm³/mol. The zero-order valence-corrected chi connectivity index (χ0v) is 9.51. The average molecular weight is 234 g/mol. The first-order valence-electron chi connectivity index (χ1n) is 5.20. The topological polar surface area (TPSA) is 95.2 Å². The molecule has 1 heterocycles. The quantitative estimate of drug-likeness (QED) is 0.441. The van der Waals surface area contributed by atoms with E-state index >= 15 is 0 Å². The first kappa shape index (κ1) is 11.3. The smallest absolute Gasteiger partial charge is 0.211 e. The lowest BCUT2D eigenvalue weighted by molar-refractivity contribution is 0.171. The van der Waals surface area contributed by atoms with Gasteiger partial charge < -0.3 is 20.9 Å². The summed E-state index contributed by atoms with van der Waals surface area (Å²) in [6.45, 7) is 2.95. The van der Waals surface area contributed by atoms with E-state index in [1.807, 2.05) is 25.1 Å². The molecule has 1 aliphatic heterocycles. The first-order chi connectivity index (χ1) is 8.16. The molecule has 6 nitrogen and oxygen atoms in total. The molecule has 0 amide bonds. The van der Waals surface area contributed by atoms with Gasteiger partial charge in [-0.25, -0.2) is 0 Å². The fourth-order valence-electron chi connectivity index (χ4n) is 1.46. The van der Waals surface area contributed by atoms with Crippen molar-refractivity contribution in [2.75, 3.05) is 13.2 Å². The van der Waals surface area contributed by atoms with Gasteiger partial charge in [-0.3, -0.25) is 0 Å². The predicted octanol–water partition coefficient (Wildman–Crippen LogP) is 0.455. The average Bonchev–Trinajstić information content (AvgIpc) is 2.35. The maximum atomic E-state index is 5.47. The fourth-order valence-corrected chi connectivity index (χ4v) is 1.46. The molecule has 0 saturated heterocycles. The SMILES string of the molecule is CC(=NN=C(N)N)c1ccc2c(c1)OCCO2. The molecule has 0 fully saturated rings. The minimum atomic E-state index is -0.0677. The van der Waals surface area contributed by atoms with Crippen LogP contribution in [0.3, 0.4) is 0 Å². The lowest BCUT2D eigenvalue weighted by Gasteiger charge is -2.18. The van der Waals surface area contributed by atoms with Crippen LogP contribution >= 0.6 is 0 Å². The Morgan fingerprint density at radius 2 is 1.82 bits per heavy atom. The van der Waals surface area contributed by atoms with Crippen molar-refractivity contribution < 1.29 is 9.47 Å². The Hall–Kier alpha value is -2.24. The van der Waals surface area contributed by atoms with E-state index in [-0.39, 0.29) is 5.96 Å². The van der Waals surface area contributed by atoms with Crippen LogP contribution in [0.5, 0.6) is 11.5 Å². The van der Waals surface area contributed by atoms with Crippen LogP contribution < -0.4 is 20.9 Å². The molecular formula is C11H14N4O2. The van der Waals surface area contributed by atoms with Crippen molar-refractivity contribution in [3.05, 3.63) is 23.8 Å². The second-order valence-corrected chi connectivity index (χ2v) is 3.57. The van der Waals surface area contributed by atoms with Crippen LogP contribution in [0.15, 0.2) is 28.4 Å². The van der Waals surface area contributed by atoms with E-state index in [0.29, 0.717) is 24.7 Å². The monoisotopic (exact) mass is 234 g/mol. The van der Waals surface area contributed by atoms with E-state index in [9.17, 15) is 0 Å². The molecule has 0 spiro atoms. The number of nitrogens with zero attached hydrogens (tertiary/aromatic N) is 2. The van der Waals surface area contributed by atoms with Crippen LogP contribution in [0.1, 0.15) is 12.5 Å². The molecule has 1 aromatic rings. The van der Waals surface area contributed by atoms with Crippen LogP contribution in [0.2, 0.25) is 0 Å². The Bertz CT molecular complexity index is 478. The summed E-state index contributed by atoms with van der Waals surface area (Å²) >= 11 is 0. The van der Waals surface area contributed by atoms with Crippen molar-refractivity contribution in [3.63, 3.8) is 0 Å². The summed E-state index contributed by atoms with van der Waals surface area (Å²) < 4.78 is 10.9. The Labute approximate surface area is 98.9 Å². The third-order valence-corrected chi connectivity index (χ3v) is 2.28. The Balaban J connectivity index is 2.28. The maximum absolute atomic E-state index is 5.47. The van der Waals surface area contributed by atoms with Gasteiger partial charge in [0.15, 0.2) is 11.5 Å². The largest absolute Gasteiger partial charge is 0.486 e. The molecule has 0 aromatic heterocycles. The summed E-state index contributed by atoms with van der Waals surface area (Å²) in [5.74, 6) is 1.39. The second-order valence-electron chi connectivity index (χ2n) is 3.57. The summed E-state index contributed by atoms with van der Waals surface area (Å²) in [4.78, 5) is 0. The first-order valence-corrected chi connectivity index (χ1v) is 5.20.